The number of nitrogens with zero attached hydrogens (tertiary/aromatic N) is 1. The highest BCUT2D eigenvalue weighted by atomic mass is 32.2. The van der Waals surface area contributed by atoms with E-state index in [-0.39, 0.29) is 28.6 Å². The van der Waals surface area contributed by atoms with Gasteiger partial charge in [0.2, 0.25) is 33.7 Å². The summed E-state index contributed by atoms with van der Waals surface area (Å²) in [6.07, 6.45) is 5.71. The van der Waals surface area contributed by atoms with E-state index >= 15 is 0 Å². The molecule has 74 heavy (non-hydrogen) atoms. The second-order valence-electron chi connectivity index (χ2n) is 18.7. The lowest BCUT2D eigenvalue weighted by Crippen LogP contribution is -2.60. The van der Waals surface area contributed by atoms with Crippen LogP contribution in [0.4, 0.5) is 5.69 Å². The molecule has 398 valence electrons. The molecular formula is C55H70N6O11S2. The average Bonchev–Trinajstić information content (AvgIpc) is 3.37. The molecule has 17 nitrogen and oxygen atoms in total. The van der Waals surface area contributed by atoms with Crippen molar-refractivity contribution in [2.75, 3.05) is 43.7 Å². The number of carbonyl (C=O) groups excluding carboxylic acids is 6. The second-order valence-corrected chi connectivity index (χ2v) is 21.5. The van der Waals surface area contributed by atoms with Gasteiger partial charge in [-0.2, -0.15) is 11.8 Å². The van der Waals surface area contributed by atoms with E-state index in [9.17, 15) is 47.1 Å². The van der Waals surface area contributed by atoms with Crippen LogP contribution in [0.2, 0.25) is 0 Å². The van der Waals surface area contributed by atoms with Crippen molar-refractivity contribution in [1.82, 2.24) is 26.0 Å². The topological polar surface area (TPSA) is 246 Å². The Hall–Kier alpha value is -6.83. The lowest BCUT2D eigenvalue weighted by atomic mass is 9.96. The van der Waals surface area contributed by atoms with Crippen LogP contribution in [0.5, 0.6) is 0 Å². The first-order valence-corrected chi connectivity index (χ1v) is 27.1. The van der Waals surface area contributed by atoms with Crippen molar-refractivity contribution in [1.29, 1.82) is 0 Å². The van der Waals surface area contributed by atoms with Crippen LogP contribution >= 0.6 is 11.8 Å². The van der Waals surface area contributed by atoms with E-state index in [4.69, 9.17) is 4.74 Å². The van der Waals surface area contributed by atoms with E-state index in [2.05, 4.69) is 26.0 Å². The van der Waals surface area contributed by atoms with Gasteiger partial charge in [0.25, 0.3) is 0 Å². The molecule has 5 atom stereocenters. The summed E-state index contributed by atoms with van der Waals surface area (Å²) in [5.74, 6) is -5.40. The van der Waals surface area contributed by atoms with E-state index < -0.39 is 88.1 Å². The molecule has 0 spiro atoms. The molecule has 0 aromatic heterocycles. The summed E-state index contributed by atoms with van der Waals surface area (Å²) in [5, 5.41) is 21.0. The number of allylic oxidation sites excluding steroid dienone is 2. The maximum absolute atomic E-state index is 14.1. The average molecular weight is 1060 g/mol. The molecule has 0 radical (unpaired) electrons. The van der Waals surface area contributed by atoms with Crippen molar-refractivity contribution in [2.45, 2.75) is 96.8 Å². The fraction of sp³-hybridized carbons (Fsp3) is 0.400. The molecule has 0 saturated carbocycles. The number of thioether (sulfide) groups is 1. The summed E-state index contributed by atoms with van der Waals surface area (Å²) in [7, 11) is -0.547. The van der Waals surface area contributed by atoms with Gasteiger partial charge >= 0.3 is 11.9 Å². The second kappa shape index (κ2) is 28.6. The Labute approximate surface area is 438 Å². The zero-order valence-electron chi connectivity index (χ0n) is 43.5. The maximum Gasteiger partial charge on any atom is 0.338 e. The summed E-state index contributed by atoms with van der Waals surface area (Å²) in [6.45, 7) is 11.4. The van der Waals surface area contributed by atoms with Crippen LogP contribution in [0.1, 0.15) is 94.0 Å². The van der Waals surface area contributed by atoms with Gasteiger partial charge < -0.3 is 36.0 Å². The number of sulfonamides is 1. The fourth-order valence-electron chi connectivity index (χ4n) is 7.55. The number of benzene rings is 4. The molecule has 0 bridgehead atoms. The Bertz CT molecular complexity index is 2820. The van der Waals surface area contributed by atoms with Crippen LogP contribution in [0, 0.1) is 11.8 Å². The highest BCUT2D eigenvalue weighted by Crippen LogP contribution is 2.30. The number of carbonyl (C=O) groups is 7. The number of anilines is 1. The molecule has 0 heterocycles. The highest BCUT2D eigenvalue weighted by molar-refractivity contribution is 7.99. The van der Waals surface area contributed by atoms with Crippen LogP contribution in [0.25, 0.3) is 10.8 Å². The van der Waals surface area contributed by atoms with Gasteiger partial charge in [-0.1, -0.05) is 119 Å². The quantitative estimate of drug-likeness (QED) is 0.0156. The molecule has 4 amide bonds. The number of carboxylic acid groups (broad SMARTS) is 1. The number of nitrogens with one attached hydrogen (secondary N) is 5. The number of fused-ring (bicyclic) bond motifs is 1. The van der Waals surface area contributed by atoms with Crippen molar-refractivity contribution >= 4 is 79.6 Å². The van der Waals surface area contributed by atoms with Gasteiger partial charge in [0.05, 0.1) is 17.0 Å². The molecule has 4 aromatic carbocycles. The third kappa shape index (κ3) is 17.7. The highest BCUT2D eigenvalue weighted by Gasteiger charge is 2.34. The van der Waals surface area contributed by atoms with Gasteiger partial charge in [0.15, 0.2) is 5.78 Å². The summed E-state index contributed by atoms with van der Waals surface area (Å²) in [4.78, 5) is 93.8. The number of ether oxygens (including phenoxy) is 1. The normalized spacial score (nSPS) is 14.0. The lowest BCUT2D eigenvalue weighted by Gasteiger charge is -2.29. The number of hydrogen-bond acceptors (Lipinski definition) is 12. The van der Waals surface area contributed by atoms with Crippen LogP contribution in [-0.2, 0) is 38.7 Å². The molecule has 0 aliphatic heterocycles. The zero-order chi connectivity index (χ0) is 54.7. The SMILES string of the molecule is CC[C@H](C)[C@H](NC(=O)[C@@H](NC(=O)[C@H](CSC/C=C(\C)CC/C=C(\C)COC(=O)c1cccc(C(=O)c2ccccc2)c1)NC(=O)CNS(=O)(=O)c1cccc2c(N(C)C)cccc12)C(C)C)C(=O)N[C@@H](C)C(=O)O. The Balaban J connectivity index is 1.42. The van der Waals surface area contributed by atoms with E-state index in [1.54, 1.807) is 87.5 Å². The Morgan fingerprint density at radius 3 is 2.00 bits per heavy atom. The van der Waals surface area contributed by atoms with Gasteiger partial charge in [-0.25, -0.2) is 17.9 Å². The van der Waals surface area contributed by atoms with E-state index in [0.29, 0.717) is 46.9 Å². The first kappa shape index (κ1) is 59.7. The predicted octanol–water partition coefficient (Wildman–Crippen LogP) is 6.42. The molecule has 4 aromatic rings. The molecule has 0 saturated heterocycles. The van der Waals surface area contributed by atoms with Crippen LogP contribution in [0.3, 0.4) is 0 Å². The number of rotatable bonds is 28. The third-order valence-electron chi connectivity index (χ3n) is 12.2. The summed E-state index contributed by atoms with van der Waals surface area (Å²) < 4.78 is 35.3. The van der Waals surface area contributed by atoms with Crippen molar-refractivity contribution < 1.29 is 51.8 Å². The Morgan fingerprint density at radius 2 is 1.34 bits per heavy atom. The fourth-order valence-corrected chi connectivity index (χ4v) is 9.77. The van der Waals surface area contributed by atoms with Crippen LogP contribution in [0.15, 0.2) is 119 Å². The summed E-state index contributed by atoms with van der Waals surface area (Å²) >= 11 is 1.32. The van der Waals surface area contributed by atoms with E-state index in [1.807, 2.05) is 64.1 Å². The summed E-state index contributed by atoms with van der Waals surface area (Å²) in [5.41, 5.74) is 3.82. The molecule has 19 heteroatoms. The van der Waals surface area contributed by atoms with Gasteiger partial charge in [-0.3, -0.25) is 28.8 Å². The number of carboxylic acids is 1. The van der Waals surface area contributed by atoms with Crippen molar-refractivity contribution in [3.63, 3.8) is 0 Å². The number of hydrogen-bond donors (Lipinski definition) is 6. The van der Waals surface area contributed by atoms with Crippen molar-refractivity contribution in [3.8, 4) is 0 Å². The number of amides is 4. The standard InChI is InChI=1S/C55H70N6O11S2/c1-10-37(6)49(53(66)57-38(7)54(67)68)60-52(65)48(34(2)3)59-51(64)44(58-47(62)31-56-74(70,71)46-27-17-24-42-43(46)25-16-26-45(42)61(8)9)33-73-29-28-35(4)18-14-19-36(5)32-72-55(69)41-23-15-22-40(30-41)50(63)39-20-12-11-13-21-39/h11-13,15-17,19-28,30,34,37-38,44,48-49,56H,10,14,18,29,31-33H2,1-9H3,(H,57,66)(H,58,62)(H,59,64)(H,60,65)(H,67,68)/b35-28+,36-19+/t37-,38-,44-,48-,49-/m0/s1. The van der Waals surface area contributed by atoms with Gasteiger partial charge in [-0.15, -0.1) is 0 Å². The molecule has 0 fully saturated rings. The summed E-state index contributed by atoms with van der Waals surface area (Å²) in [6, 6.07) is 20.6. The number of aliphatic carboxylic acids is 1. The van der Waals surface area contributed by atoms with Gasteiger partial charge in [-0.05, 0) is 75.3 Å². The smallest absolute Gasteiger partial charge is 0.338 e. The van der Waals surface area contributed by atoms with Gasteiger partial charge in [0, 0.05) is 53.2 Å². The molecule has 0 aliphatic carbocycles. The van der Waals surface area contributed by atoms with Crippen molar-refractivity contribution in [2.24, 2.45) is 11.8 Å². The Morgan fingerprint density at radius 1 is 0.716 bits per heavy atom. The third-order valence-corrected chi connectivity index (χ3v) is 14.6. The lowest BCUT2D eigenvalue weighted by molar-refractivity contribution is -0.142. The minimum absolute atomic E-state index is 0.0237. The van der Waals surface area contributed by atoms with Crippen molar-refractivity contribution in [3.05, 3.63) is 131 Å². The number of esters is 1. The van der Waals surface area contributed by atoms with Crippen LogP contribution in [-0.4, -0.2) is 118 Å². The maximum atomic E-state index is 14.1. The molecule has 6 N–H and O–H groups in total. The van der Waals surface area contributed by atoms with E-state index in [0.717, 1.165) is 16.8 Å². The Kier molecular flexibility index (Phi) is 23.1. The molecule has 4 rings (SSSR count). The number of ketones is 1. The molecule has 0 unspecified atom stereocenters. The minimum atomic E-state index is -4.23. The van der Waals surface area contributed by atoms with E-state index in [1.165, 1.54) is 30.8 Å². The first-order chi connectivity index (χ1) is 35.0. The molecule has 0 aliphatic rings. The predicted molar refractivity (Wildman–Crippen MR) is 289 cm³/mol. The molecular weight excluding hydrogens is 985 g/mol. The monoisotopic (exact) mass is 1050 g/mol. The van der Waals surface area contributed by atoms with Crippen LogP contribution < -0.4 is 30.9 Å². The minimum Gasteiger partial charge on any atom is -0.480 e. The first-order valence-electron chi connectivity index (χ1n) is 24.4. The largest absolute Gasteiger partial charge is 0.480 e. The van der Waals surface area contributed by atoms with Gasteiger partial charge in [0.1, 0.15) is 30.8 Å². The zero-order valence-corrected chi connectivity index (χ0v) is 45.2.